The first-order chi connectivity index (χ1) is 11.5. The molecule has 0 aliphatic rings. The lowest BCUT2D eigenvalue weighted by molar-refractivity contribution is 0.630. The fraction of sp³-hybridized carbons (Fsp3) is 0.235. The second kappa shape index (κ2) is 6.02. The quantitative estimate of drug-likeness (QED) is 0.683. The largest absolute Gasteiger partial charge is 0.333 e. The van der Waals surface area contributed by atoms with Crippen molar-refractivity contribution in [2.45, 2.75) is 20.0 Å². The number of rotatable bonds is 3. The van der Waals surface area contributed by atoms with Gasteiger partial charge < -0.3 is 4.57 Å². The minimum atomic E-state index is -0.455. The Kier molecular flexibility index (Phi) is 4.04. The number of halogens is 1. The third-order valence-corrected chi connectivity index (χ3v) is 4.13. The molecule has 0 amide bonds. The Bertz CT molecular complexity index is 1100. The van der Waals surface area contributed by atoms with E-state index in [2.05, 4.69) is 10.9 Å². The molecule has 7 heteroatoms. The van der Waals surface area contributed by atoms with Crippen molar-refractivity contribution in [3.05, 3.63) is 50.1 Å². The van der Waals surface area contributed by atoms with Gasteiger partial charge in [0, 0.05) is 24.2 Å². The van der Waals surface area contributed by atoms with Crippen LogP contribution in [0.2, 0.25) is 5.02 Å². The minimum Gasteiger partial charge on any atom is -0.321 e. The highest BCUT2D eigenvalue weighted by molar-refractivity contribution is 6.30. The van der Waals surface area contributed by atoms with Crippen molar-refractivity contribution in [3.63, 3.8) is 0 Å². The van der Waals surface area contributed by atoms with E-state index in [9.17, 15) is 9.59 Å². The molecule has 0 saturated heterocycles. The van der Waals surface area contributed by atoms with Crippen LogP contribution in [-0.4, -0.2) is 18.7 Å². The topological polar surface area (TPSA) is 61.8 Å². The number of nitrogens with zero attached hydrogens (tertiary/aromatic N) is 4. The first kappa shape index (κ1) is 16.1. The molecule has 122 valence electrons. The maximum Gasteiger partial charge on any atom is 0.333 e. The van der Waals surface area contributed by atoms with Crippen LogP contribution < -0.4 is 11.2 Å². The maximum absolute atomic E-state index is 12.7. The van der Waals surface area contributed by atoms with Gasteiger partial charge >= 0.3 is 5.69 Å². The van der Waals surface area contributed by atoms with Crippen LogP contribution in [0.3, 0.4) is 0 Å². The molecule has 3 aromatic rings. The van der Waals surface area contributed by atoms with Gasteiger partial charge in [0.1, 0.15) is 5.82 Å². The summed E-state index contributed by atoms with van der Waals surface area (Å²) in [5, 5.41) is 0.567. The summed E-state index contributed by atoms with van der Waals surface area (Å²) in [7, 11) is 1.73. The highest BCUT2D eigenvalue weighted by atomic mass is 35.5. The first-order valence-electron chi connectivity index (χ1n) is 7.39. The van der Waals surface area contributed by atoms with E-state index < -0.39 is 11.2 Å². The van der Waals surface area contributed by atoms with Crippen molar-refractivity contribution < 1.29 is 0 Å². The summed E-state index contributed by atoms with van der Waals surface area (Å²) < 4.78 is 4.17. The number of fused-ring (bicyclic) bond motifs is 1. The Hall–Kier alpha value is -2.78. The van der Waals surface area contributed by atoms with Crippen LogP contribution in [0.25, 0.3) is 22.6 Å². The fourth-order valence-electron chi connectivity index (χ4n) is 2.76. The molecule has 0 aliphatic heterocycles. The van der Waals surface area contributed by atoms with E-state index in [0.29, 0.717) is 28.6 Å². The number of imidazole rings is 1. The molecule has 6 nitrogen and oxygen atoms in total. The SMILES string of the molecule is C#CCn1c(=O)c2c(nc(-c3cccc(Cl)c3)n2C)n(CC)c1=O. The van der Waals surface area contributed by atoms with E-state index in [4.69, 9.17) is 18.0 Å². The van der Waals surface area contributed by atoms with Gasteiger partial charge in [0.15, 0.2) is 11.2 Å². The summed E-state index contributed by atoms with van der Waals surface area (Å²) in [6.07, 6.45) is 5.29. The number of aryl methyl sites for hydroxylation is 2. The summed E-state index contributed by atoms with van der Waals surface area (Å²) in [6.45, 7) is 2.12. The Balaban J connectivity index is 2.45. The summed E-state index contributed by atoms with van der Waals surface area (Å²) in [5.74, 6) is 2.91. The lowest BCUT2D eigenvalue weighted by atomic mass is 10.2. The second-order valence-corrected chi connectivity index (χ2v) is 5.74. The summed E-state index contributed by atoms with van der Waals surface area (Å²) in [4.78, 5) is 29.7. The van der Waals surface area contributed by atoms with Gasteiger partial charge in [-0.2, -0.15) is 0 Å². The van der Waals surface area contributed by atoms with Gasteiger partial charge in [-0.1, -0.05) is 29.7 Å². The molecule has 0 aliphatic carbocycles. The molecule has 0 N–H and O–H groups in total. The van der Waals surface area contributed by atoms with Crippen LogP contribution in [0.1, 0.15) is 6.92 Å². The minimum absolute atomic E-state index is 0.0781. The molecule has 1 aromatic carbocycles. The van der Waals surface area contributed by atoms with E-state index in [-0.39, 0.29) is 6.54 Å². The zero-order valence-electron chi connectivity index (χ0n) is 13.3. The monoisotopic (exact) mass is 342 g/mol. The van der Waals surface area contributed by atoms with E-state index in [1.54, 1.807) is 29.8 Å². The number of aromatic nitrogens is 4. The molecule has 0 spiro atoms. The highest BCUT2D eigenvalue weighted by Gasteiger charge is 2.19. The molecule has 0 bridgehead atoms. The van der Waals surface area contributed by atoms with Gasteiger partial charge in [0.25, 0.3) is 5.56 Å². The molecule has 0 radical (unpaired) electrons. The third-order valence-electron chi connectivity index (χ3n) is 3.89. The van der Waals surface area contributed by atoms with Gasteiger partial charge in [0.05, 0.1) is 6.54 Å². The van der Waals surface area contributed by atoms with Gasteiger partial charge in [-0.25, -0.2) is 14.3 Å². The molecule has 2 heterocycles. The number of terminal acetylenes is 1. The van der Waals surface area contributed by atoms with Gasteiger partial charge in [-0.15, -0.1) is 6.42 Å². The second-order valence-electron chi connectivity index (χ2n) is 5.30. The predicted octanol–water partition coefficient (Wildman–Crippen LogP) is 1.87. The van der Waals surface area contributed by atoms with Crippen molar-refractivity contribution in [2.75, 3.05) is 0 Å². The van der Waals surface area contributed by atoms with E-state index in [1.165, 1.54) is 4.57 Å². The average Bonchev–Trinajstić information content (AvgIpc) is 2.89. The van der Waals surface area contributed by atoms with Crippen molar-refractivity contribution in [3.8, 4) is 23.7 Å². The van der Waals surface area contributed by atoms with Crippen LogP contribution in [0.4, 0.5) is 0 Å². The van der Waals surface area contributed by atoms with Gasteiger partial charge in [-0.05, 0) is 19.1 Å². The third kappa shape index (κ3) is 2.34. The maximum atomic E-state index is 12.7. The van der Waals surface area contributed by atoms with Crippen molar-refractivity contribution >= 4 is 22.8 Å². The lowest BCUT2D eigenvalue weighted by Gasteiger charge is -2.07. The van der Waals surface area contributed by atoms with Crippen LogP contribution >= 0.6 is 11.6 Å². The molecular formula is C17H15ClN4O2. The number of hydrogen-bond donors (Lipinski definition) is 0. The van der Waals surface area contributed by atoms with Crippen molar-refractivity contribution in [1.82, 2.24) is 18.7 Å². The summed E-state index contributed by atoms with van der Waals surface area (Å²) >= 11 is 6.05. The zero-order chi connectivity index (χ0) is 17.4. The van der Waals surface area contributed by atoms with Gasteiger partial charge in [-0.3, -0.25) is 9.36 Å². The average molecular weight is 343 g/mol. The zero-order valence-corrected chi connectivity index (χ0v) is 14.0. The van der Waals surface area contributed by atoms with E-state index in [0.717, 1.165) is 10.1 Å². The molecule has 0 atom stereocenters. The summed E-state index contributed by atoms with van der Waals surface area (Å²) in [6, 6.07) is 7.18. The normalized spacial score (nSPS) is 10.9. The van der Waals surface area contributed by atoms with E-state index >= 15 is 0 Å². The Morgan fingerprint density at radius 3 is 2.67 bits per heavy atom. The predicted molar refractivity (Wildman–Crippen MR) is 94.2 cm³/mol. The van der Waals surface area contributed by atoms with Crippen LogP contribution in [0.5, 0.6) is 0 Å². The van der Waals surface area contributed by atoms with Gasteiger partial charge in [0.2, 0.25) is 0 Å². The molecule has 0 saturated carbocycles. The molecule has 2 aromatic heterocycles. The molecule has 24 heavy (non-hydrogen) atoms. The van der Waals surface area contributed by atoms with Crippen LogP contribution in [0, 0.1) is 12.3 Å². The fourth-order valence-corrected chi connectivity index (χ4v) is 2.95. The van der Waals surface area contributed by atoms with Crippen LogP contribution in [0.15, 0.2) is 33.9 Å². The number of benzene rings is 1. The highest BCUT2D eigenvalue weighted by Crippen LogP contribution is 2.24. The van der Waals surface area contributed by atoms with Crippen LogP contribution in [-0.2, 0) is 20.1 Å². The number of hydrogen-bond acceptors (Lipinski definition) is 3. The Morgan fingerprint density at radius 1 is 1.29 bits per heavy atom. The molecule has 3 rings (SSSR count). The molecule has 0 fully saturated rings. The summed E-state index contributed by atoms with van der Waals surface area (Å²) in [5.41, 5.74) is 0.545. The lowest BCUT2D eigenvalue weighted by Crippen LogP contribution is -2.40. The Labute approximate surface area is 142 Å². The standard InChI is InChI=1S/C17H15ClN4O2/c1-4-9-22-16(23)13-15(21(5-2)17(22)24)19-14(20(13)3)11-7-6-8-12(18)10-11/h1,6-8,10H,5,9H2,2-3H3. The molecule has 0 unspecified atom stereocenters. The Morgan fingerprint density at radius 2 is 2.04 bits per heavy atom. The smallest absolute Gasteiger partial charge is 0.321 e. The van der Waals surface area contributed by atoms with Crippen molar-refractivity contribution in [2.24, 2.45) is 7.05 Å². The first-order valence-corrected chi connectivity index (χ1v) is 7.76. The molecular weight excluding hydrogens is 328 g/mol. The van der Waals surface area contributed by atoms with Crippen molar-refractivity contribution in [1.29, 1.82) is 0 Å². The van der Waals surface area contributed by atoms with E-state index in [1.807, 2.05) is 13.0 Å².